The molecule has 0 radical (unpaired) electrons. The van der Waals surface area contributed by atoms with Crippen molar-refractivity contribution in [1.29, 1.82) is 0 Å². The zero-order chi connectivity index (χ0) is 13.3. The topological polar surface area (TPSA) is 29.9 Å². The number of rotatable bonds is 4. The van der Waals surface area contributed by atoms with Crippen molar-refractivity contribution in [3.8, 4) is 0 Å². The monoisotopic (exact) mass is 253 g/mol. The van der Waals surface area contributed by atoms with Crippen LogP contribution < -0.4 is 5.32 Å². The summed E-state index contributed by atoms with van der Waals surface area (Å²) < 4.78 is 28.7. The van der Waals surface area contributed by atoms with Crippen LogP contribution in [0.5, 0.6) is 0 Å². The number of hydrogen-bond acceptors (Lipinski definition) is 2. The van der Waals surface area contributed by atoms with Gasteiger partial charge in [0.1, 0.15) is 0 Å². The molecule has 0 saturated carbocycles. The molecule has 98 valence electrons. The predicted molar refractivity (Wildman–Crippen MR) is 69.1 cm³/mol. The average molecular weight is 253 g/mol. The van der Waals surface area contributed by atoms with E-state index in [4.69, 9.17) is 0 Å². The minimum atomic E-state index is -2.92. The second-order valence-electron chi connectivity index (χ2n) is 4.43. The third kappa shape index (κ3) is 2.17. The van der Waals surface area contributed by atoms with Crippen molar-refractivity contribution in [2.75, 3.05) is 12.4 Å². The second-order valence-corrected chi connectivity index (χ2v) is 4.43. The van der Waals surface area contributed by atoms with Crippen molar-refractivity contribution in [3.63, 3.8) is 0 Å². The highest BCUT2D eigenvalue weighted by Gasteiger charge is 2.31. The number of alkyl halides is 2. The van der Waals surface area contributed by atoms with Gasteiger partial charge in [-0.15, -0.1) is 0 Å². The molecule has 1 N–H and O–H groups in total. The van der Waals surface area contributed by atoms with Gasteiger partial charge < -0.3 is 9.88 Å². The van der Waals surface area contributed by atoms with E-state index in [0.717, 1.165) is 24.5 Å². The summed E-state index contributed by atoms with van der Waals surface area (Å²) in [6, 6.07) is 5.49. The Kier molecular flexibility index (Phi) is 3.24. The van der Waals surface area contributed by atoms with Crippen molar-refractivity contribution >= 4 is 16.7 Å². The molecule has 0 amide bonds. The van der Waals surface area contributed by atoms with Gasteiger partial charge in [-0.2, -0.15) is 8.78 Å². The van der Waals surface area contributed by atoms with Crippen molar-refractivity contribution in [2.24, 2.45) is 0 Å². The Morgan fingerprint density at radius 2 is 2.11 bits per heavy atom. The van der Waals surface area contributed by atoms with Crippen molar-refractivity contribution < 1.29 is 8.78 Å². The maximum Gasteiger partial charge on any atom is 0.302 e. The van der Waals surface area contributed by atoms with Crippen molar-refractivity contribution in [2.45, 2.75) is 32.7 Å². The number of imidazole rings is 1. The van der Waals surface area contributed by atoms with E-state index in [-0.39, 0.29) is 5.82 Å². The first-order valence-corrected chi connectivity index (χ1v) is 6.03. The van der Waals surface area contributed by atoms with Gasteiger partial charge in [-0.05, 0) is 24.6 Å². The molecular weight excluding hydrogens is 236 g/mol. The fourth-order valence-electron chi connectivity index (χ4n) is 2.07. The Morgan fingerprint density at radius 1 is 1.39 bits per heavy atom. The van der Waals surface area contributed by atoms with Gasteiger partial charge in [-0.25, -0.2) is 4.98 Å². The van der Waals surface area contributed by atoms with E-state index in [1.165, 1.54) is 0 Å². The molecular formula is C13H17F2N3. The van der Waals surface area contributed by atoms with E-state index >= 15 is 0 Å². The lowest BCUT2D eigenvalue weighted by Crippen LogP contribution is -2.16. The number of fused-ring (bicyclic) bond motifs is 1. The lowest BCUT2D eigenvalue weighted by molar-refractivity contribution is 0.00453. The first-order chi connectivity index (χ1) is 8.47. The number of anilines is 1. The normalized spacial score (nSPS) is 12.1. The van der Waals surface area contributed by atoms with Crippen LogP contribution in [0, 0.1) is 0 Å². The largest absolute Gasteiger partial charge is 0.388 e. The SMILES string of the molecule is CCCn1c(C(C)(F)F)nc2cc(NC)ccc21. The Balaban J connectivity index is 2.66. The van der Waals surface area contributed by atoms with Crippen LogP contribution in [0.2, 0.25) is 0 Å². The van der Waals surface area contributed by atoms with Crippen molar-refractivity contribution in [3.05, 3.63) is 24.0 Å². The minimum absolute atomic E-state index is 0.160. The zero-order valence-corrected chi connectivity index (χ0v) is 10.8. The van der Waals surface area contributed by atoms with Crippen LogP contribution in [0.4, 0.5) is 14.5 Å². The summed E-state index contributed by atoms with van der Waals surface area (Å²) in [4.78, 5) is 4.08. The molecule has 0 spiro atoms. The molecule has 0 fully saturated rings. The molecule has 18 heavy (non-hydrogen) atoms. The Bertz CT molecular complexity index is 555. The summed E-state index contributed by atoms with van der Waals surface area (Å²) in [6.07, 6.45) is 0.794. The van der Waals surface area contributed by atoms with Crippen LogP contribution in [0.3, 0.4) is 0 Å². The van der Waals surface area contributed by atoms with Gasteiger partial charge in [0.25, 0.3) is 0 Å². The number of hydrogen-bond donors (Lipinski definition) is 1. The summed E-state index contributed by atoms with van der Waals surface area (Å²) in [5.41, 5.74) is 2.23. The van der Waals surface area contributed by atoms with Crippen LogP contribution >= 0.6 is 0 Å². The standard InChI is InChI=1S/C13H17F2N3/c1-4-7-18-11-6-5-9(16-3)8-10(11)17-12(18)13(2,14)15/h5-6,8,16H,4,7H2,1-3H3. The maximum atomic E-state index is 13.6. The van der Waals surface area contributed by atoms with E-state index in [0.29, 0.717) is 12.1 Å². The average Bonchev–Trinajstić information content (AvgIpc) is 2.67. The van der Waals surface area contributed by atoms with Crippen LogP contribution in [-0.2, 0) is 12.5 Å². The first kappa shape index (κ1) is 12.8. The highest BCUT2D eigenvalue weighted by molar-refractivity contribution is 5.80. The third-order valence-corrected chi connectivity index (χ3v) is 2.88. The summed E-state index contributed by atoms with van der Waals surface area (Å²) in [7, 11) is 1.79. The lowest BCUT2D eigenvalue weighted by Gasteiger charge is -2.12. The summed E-state index contributed by atoms with van der Waals surface area (Å²) >= 11 is 0. The van der Waals surface area contributed by atoms with Crippen LogP contribution in [0.1, 0.15) is 26.1 Å². The fourth-order valence-corrected chi connectivity index (χ4v) is 2.07. The highest BCUT2D eigenvalue weighted by Crippen LogP contribution is 2.30. The van der Waals surface area contributed by atoms with E-state index in [9.17, 15) is 8.78 Å². The lowest BCUT2D eigenvalue weighted by atomic mass is 10.2. The molecule has 3 nitrogen and oxygen atoms in total. The van der Waals surface area contributed by atoms with Gasteiger partial charge in [0.15, 0.2) is 5.82 Å². The molecule has 1 heterocycles. The molecule has 0 aliphatic heterocycles. The van der Waals surface area contributed by atoms with Gasteiger partial charge in [0.2, 0.25) is 0 Å². The molecule has 2 aromatic rings. The summed E-state index contributed by atoms with van der Waals surface area (Å²) in [5, 5.41) is 2.98. The summed E-state index contributed by atoms with van der Waals surface area (Å²) in [5.74, 6) is -3.08. The number of aryl methyl sites for hydroxylation is 1. The zero-order valence-electron chi connectivity index (χ0n) is 10.8. The molecule has 2 rings (SSSR count). The minimum Gasteiger partial charge on any atom is -0.388 e. The maximum absolute atomic E-state index is 13.6. The van der Waals surface area contributed by atoms with Crippen molar-refractivity contribution in [1.82, 2.24) is 9.55 Å². The molecule has 0 bridgehead atoms. The van der Waals surface area contributed by atoms with Gasteiger partial charge in [0, 0.05) is 26.2 Å². The fraction of sp³-hybridized carbons (Fsp3) is 0.462. The number of benzene rings is 1. The van der Waals surface area contributed by atoms with Crippen LogP contribution in [0.15, 0.2) is 18.2 Å². The van der Waals surface area contributed by atoms with Gasteiger partial charge in [-0.1, -0.05) is 6.92 Å². The third-order valence-electron chi connectivity index (χ3n) is 2.88. The molecule has 0 saturated heterocycles. The molecule has 0 unspecified atom stereocenters. The Labute approximate surface area is 105 Å². The Morgan fingerprint density at radius 3 is 2.67 bits per heavy atom. The molecule has 5 heteroatoms. The van der Waals surface area contributed by atoms with E-state index in [1.54, 1.807) is 17.7 Å². The summed E-state index contributed by atoms with van der Waals surface area (Å²) in [6.45, 7) is 3.40. The molecule has 0 atom stereocenters. The molecule has 0 aliphatic carbocycles. The quantitative estimate of drug-likeness (QED) is 0.902. The second kappa shape index (κ2) is 4.55. The number of nitrogens with zero attached hydrogens (tertiary/aromatic N) is 2. The molecule has 1 aromatic heterocycles. The van der Waals surface area contributed by atoms with Crippen LogP contribution in [0.25, 0.3) is 11.0 Å². The number of aromatic nitrogens is 2. The van der Waals surface area contributed by atoms with Gasteiger partial charge >= 0.3 is 5.92 Å². The molecule has 0 aliphatic rings. The first-order valence-electron chi connectivity index (χ1n) is 6.03. The van der Waals surface area contributed by atoms with Gasteiger partial charge in [0.05, 0.1) is 11.0 Å². The number of halogens is 2. The predicted octanol–water partition coefficient (Wildman–Crippen LogP) is 3.60. The van der Waals surface area contributed by atoms with E-state index < -0.39 is 5.92 Å². The van der Waals surface area contributed by atoms with Gasteiger partial charge in [-0.3, -0.25) is 0 Å². The van der Waals surface area contributed by atoms with E-state index in [2.05, 4.69) is 10.3 Å². The Hall–Kier alpha value is -1.65. The number of nitrogens with one attached hydrogen (secondary N) is 1. The van der Waals surface area contributed by atoms with Crippen LogP contribution in [-0.4, -0.2) is 16.6 Å². The van der Waals surface area contributed by atoms with E-state index in [1.807, 2.05) is 19.1 Å². The smallest absolute Gasteiger partial charge is 0.302 e. The molecule has 1 aromatic carbocycles. The highest BCUT2D eigenvalue weighted by atomic mass is 19.3.